The standard InChI is InChI=1S/C13H13BrF3N3O2/c14-8-3-4-11-9(6-8)10(2-1-5-22-11)19-20-12(21)18-7-13(15,16)17/h3-4,6H,1-2,5,7H2,(H2,18,20,21)/b19-10-. The third kappa shape index (κ3) is 4.90. The highest BCUT2D eigenvalue weighted by Gasteiger charge is 2.27. The van der Waals surface area contributed by atoms with Crippen molar-refractivity contribution in [3.63, 3.8) is 0 Å². The Kier molecular flexibility index (Phi) is 5.28. The molecule has 2 N–H and O–H groups in total. The maximum absolute atomic E-state index is 12.0. The molecule has 0 fully saturated rings. The molecule has 0 spiro atoms. The van der Waals surface area contributed by atoms with Gasteiger partial charge in [-0.1, -0.05) is 15.9 Å². The molecule has 0 saturated heterocycles. The van der Waals surface area contributed by atoms with Crippen molar-refractivity contribution in [1.82, 2.24) is 10.7 Å². The van der Waals surface area contributed by atoms with E-state index in [4.69, 9.17) is 4.74 Å². The normalized spacial score (nSPS) is 16.5. The van der Waals surface area contributed by atoms with E-state index < -0.39 is 18.8 Å². The molecule has 9 heteroatoms. The van der Waals surface area contributed by atoms with Crippen LogP contribution in [0.15, 0.2) is 27.8 Å². The summed E-state index contributed by atoms with van der Waals surface area (Å²) in [7, 11) is 0. The van der Waals surface area contributed by atoms with E-state index >= 15 is 0 Å². The Morgan fingerprint density at radius 3 is 2.91 bits per heavy atom. The highest BCUT2D eigenvalue weighted by Crippen LogP contribution is 2.27. The number of alkyl halides is 3. The predicted octanol–water partition coefficient (Wildman–Crippen LogP) is 3.19. The molecule has 0 unspecified atom stereocenters. The van der Waals surface area contributed by atoms with Crippen LogP contribution < -0.4 is 15.5 Å². The maximum Gasteiger partial charge on any atom is 0.405 e. The first-order valence-corrected chi connectivity index (χ1v) is 7.24. The first-order chi connectivity index (χ1) is 10.3. The van der Waals surface area contributed by atoms with Gasteiger partial charge in [0.1, 0.15) is 12.3 Å². The van der Waals surface area contributed by atoms with Gasteiger partial charge in [0.15, 0.2) is 0 Å². The van der Waals surface area contributed by atoms with Crippen LogP contribution in [0.5, 0.6) is 5.75 Å². The molecule has 22 heavy (non-hydrogen) atoms. The molecule has 1 aliphatic heterocycles. The van der Waals surface area contributed by atoms with Crippen molar-refractivity contribution in [2.75, 3.05) is 13.2 Å². The number of nitrogens with zero attached hydrogens (tertiary/aromatic N) is 1. The lowest BCUT2D eigenvalue weighted by Gasteiger charge is -2.10. The average Bonchev–Trinajstić information content (AvgIpc) is 2.64. The number of ether oxygens (including phenoxy) is 1. The topological polar surface area (TPSA) is 62.7 Å². The van der Waals surface area contributed by atoms with Crippen LogP contribution in [-0.2, 0) is 0 Å². The fourth-order valence-corrected chi connectivity index (χ4v) is 2.23. The first-order valence-electron chi connectivity index (χ1n) is 6.45. The third-order valence-electron chi connectivity index (χ3n) is 2.81. The number of urea groups is 1. The summed E-state index contributed by atoms with van der Waals surface area (Å²) >= 11 is 3.33. The smallest absolute Gasteiger partial charge is 0.405 e. The lowest BCUT2D eigenvalue weighted by atomic mass is 10.1. The molecule has 0 atom stereocenters. The Morgan fingerprint density at radius 2 is 2.18 bits per heavy atom. The monoisotopic (exact) mass is 379 g/mol. The molecule has 2 amide bonds. The second-order valence-electron chi connectivity index (χ2n) is 4.56. The van der Waals surface area contributed by atoms with Gasteiger partial charge in [-0.2, -0.15) is 18.3 Å². The van der Waals surface area contributed by atoms with Crippen molar-refractivity contribution >= 4 is 27.7 Å². The number of rotatable bonds is 2. The van der Waals surface area contributed by atoms with Crippen molar-refractivity contribution in [2.24, 2.45) is 5.10 Å². The van der Waals surface area contributed by atoms with E-state index in [1.807, 2.05) is 6.07 Å². The largest absolute Gasteiger partial charge is 0.493 e. The van der Waals surface area contributed by atoms with Gasteiger partial charge in [-0.15, -0.1) is 0 Å². The van der Waals surface area contributed by atoms with Gasteiger partial charge in [0.2, 0.25) is 0 Å². The Hall–Kier alpha value is -1.77. The van der Waals surface area contributed by atoms with Crippen molar-refractivity contribution in [2.45, 2.75) is 19.0 Å². The SMILES string of the molecule is O=C(NCC(F)(F)F)N/N=C1/CCCOc2ccc(Br)cc21. The van der Waals surface area contributed by atoms with Gasteiger partial charge in [0, 0.05) is 10.0 Å². The molecular weight excluding hydrogens is 367 g/mol. The van der Waals surface area contributed by atoms with Crippen molar-refractivity contribution in [3.8, 4) is 5.75 Å². The second-order valence-corrected chi connectivity index (χ2v) is 5.48. The number of hydrazone groups is 1. The molecule has 1 aromatic rings. The predicted molar refractivity (Wildman–Crippen MR) is 78.0 cm³/mol. The Labute approximate surface area is 133 Å². The van der Waals surface area contributed by atoms with Crippen LogP contribution in [0.1, 0.15) is 18.4 Å². The van der Waals surface area contributed by atoms with Crippen LogP contribution in [0.2, 0.25) is 0 Å². The lowest BCUT2D eigenvalue weighted by molar-refractivity contribution is -0.122. The third-order valence-corrected chi connectivity index (χ3v) is 3.30. The van der Waals surface area contributed by atoms with E-state index in [1.165, 1.54) is 0 Å². The maximum atomic E-state index is 12.0. The van der Waals surface area contributed by atoms with Crippen LogP contribution in [0.25, 0.3) is 0 Å². The van der Waals surface area contributed by atoms with Crippen molar-refractivity contribution in [3.05, 3.63) is 28.2 Å². The number of fused-ring (bicyclic) bond motifs is 1. The van der Waals surface area contributed by atoms with E-state index in [2.05, 4.69) is 26.5 Å². The summed E-state index contributed by atoms with van der Waals surface area (Å²) < 4.78 is 42.4. The zero-order valence-electron chi connectivity index (χ0n) is 11.3. The quantitative estimate of drug-likeness (QED) is 0.775. The number of carbonyl (C=O) groups excluding carboxylic acids is 1. The van der Waals surface area contributed by atoms with Crippen LogP contribution in [0.3, 0.4) is 0 Å². The fraction of sp³-hybridized carbons (Fsp3) is 0.385. The number of carbonyl (C=O) groups is 1. The summed E-state index contributed by atoms with van der Waals surface area (Å²) in [6, 6.07) is 4.36. The summed E-state index contributed by atoms with van der Waals surface area (Å²) in [5.74, 6) is 0.622. The van der Waals surface area contributed by atoms with E-state index in [0.29, 0.717) is 36.5 Å². The van der Waals surface area contributed by atoms with Gasteiger partial charge >= 0.3 is 12.2 Å². The van der Waals surface area contributed by atoms with Gasteiger partial charge in [-0.05, 0) is 31.0 Å². The van der Waals surface area contributed by atoms with Crippen LogP contribution in [0.4, 0.5) is 18.0 Å². The average molecular weight is 380 g/mol. The van der Waals surface area contributed by atoms with E-state index in [1.54, 1.807) is 17.4 Å². The van der Waals surface area contributed by atoms with Crippen molar-refractivity contribution < 1.29 is 22.7 Å². The molecule has 0 radical (unpaired) electrons. The number of benzene rings is 1. The fourth-order valence-electron chi connectivity index (χ4n) is 1.86. The molecule has 0 bridgehead atoms. The highest BCUT2D eigenvalue weighted by atomic mass is 79.9. The minimum atomic E-state index is -4.46. The lowest BCUT2D eigenvalue weighted by Crippen LogP contribution is -2.39. The Bertz CT molecular complexity index is 590. The van der Waals surface area contributed by atoms with E-state index in [9.17, 15) is 18.0 Å². The zero-order chi connectivity index (χ0) is 16.2. The summed E-state index contributed by atoms with van der Waals surface area (Å²) in [6.45, 7) is -0.900. The summed E-state index contributed by atoms with van der Waals surface area (Å²) in [4.78, 5) is 11.3. The molecule has 0 aliphatic carbocycles. The van der Waals surface area contributed by atoms with Crippen LogP contribution in [0, 0.1) is 0 Å². The van der Waals surface area contributed by atoms with Crippen molar-refractivity contribution in [1.29, 1.82) is 0 Å². The minimum absolute atomic E-state index is 0.508. The molecule has 120 valence electrons. The van der Waals surface area contributed by atoms with E-state index in [0.717, 1.165) is 4.47 Å². The summed E-state index contributed by atoms with van der Waals surface area (Å²) in [5, 5.41) is 5.60. The number of halogens is 4. The molecule has 0 saturated carbocycles. The van der Waals surface area contributed by atoms with Crippen LogP contribution in [-0.4, -0.2) is 31.1 Å². The molecule has 1 aromatic carbocycles. The number of nitrogens with one attached hydrogen (secondary N) is 2. The molecule has 1 heterocycles. The summed E-state index contributed by atoms with van der Waals surface area (Å²) in [5.41, 5.74) is 3.33. The zero-order valence-corrected chi connectivity index (χ0v) is 12.9. The van der Waals surface area contributed by atoms with Gasteiger partial charge in [0.05, 0.1) is 12.3 Å². The van der Waals surface area contributed by atoms with Gasteiger partial charge in [-0.3, -0.25) is 0 Å². The summed E-state index contributed by atoms with van der Waals surface area (Å²) in [6.07, 6.45) is -3.22. The first kappa shape index (κ1) is 16.6. The number of hydrogen-bond donors (Lipinski definition) is 2. The second kappa shape index (κ2) is 6.99. The molecule has 1 aliphatic rings. The minimum Gasteiger partial charge on any atom is -0.493 e. The molecule has 2 rings (SSSR count). The molecule has 5 nitrogen and oxygen atoms in total. The highest BCUT2D eigenvalue weighted by molar-refractivity contribution is 9.10. The van der Waals surface area contributed by atoms with E-state index in [-0.39, 0.29) is 0 Å². The number of hydrogen-bond acceptors (Lipinski definition) is 3. The van der Waals surface area contributed by atoms with Crippen LogP contribution >= 0.6 is 15.9 Å². The molecule has 0 aromatic heterocycles. The Morgan fingerprint density at radius 1 is 1.41 bits per heavy atom. The van der Waals surface area contributed by atoms with Gasteiger partial charge in [0.25, 0.3) is 0 Å². The Balaban J connectivity index is 2.08. The van der Waals surface area contributed by atoms with Gasteiger partial charge in [-0.25, -0.2) is 10.2 Å². The van der Waals surface area contributed by atoms with Gasteiger partial charge < -0.3 is 10.1 Å². The molecular formula is C13H13BrF3N3O2. The number of amides is 2.